The maximum Gasteiger partial charge on any atom is 0.303 e. The molecule has 9 nitrogen and oxygen atoms in total. The number of sulfonamides is 1. The number of anilines is 3. The number of aryl methyl sites for hydroxylation is 2. The van der Waals surface area contributed by atoms with Gasteiger partial charge in [0.2, 0.25) is 0 Å². The van der Waals surface area contributed by atoms with E-state index in [1.165, 1.54) is 68.7 Å². The number of halogens is 1. The predicted octanol–water partition coefficient (Wildman–Crippen LogP) is 5.31. The molecule has 1 amide bonds. The van der Waals surface area contributed by atoms with Crippen molar-refractivity contribution in [1.29, 1.82) is 0 Å². The summed E-state index contributed by atoms with van der Waals surface area (Å²) in [6.45, 7) is 3.53. The molecule has 0 saturated carbocycles. The van der Waals surface area contributed by atoms with Crippen LogP contribution in [0.3, 0.4) is 0 Å². The fraction of sp³-hybridized carbons (Fsp3) is 0.167. The Labute approximate surface area is 245 Å². The Hall–Kier alpha value is -4.26. The zero-order valence-electron chi connectivity index (χ0n) is 23.5. The molecule has 4 aromatic carbocycles. The fourth-order valence-corrected chi connectivity index (χ4v) is 6.26. The third kappa shape index (κ3) is 6.96. The summed E-state index contributed by atoms with van der Waals surface area (Å²) in [5.74, 6) is -1.13. The largest absolute Gasteiger partial charge is 0.322 e. The van der Waals surface area contributed by atoms with Gasteiger partial charge < -0.3 is 5.32 Å². The summed E-state index contributed by atoms with van der Waals surface area (Å²) in [5, 5.41) is 2.72. The molecule has 0 unspecified atom stereocenters. The van der Waals surface area contributed by atoms with Crippen LogP contribution in [0.4, 0.5) is 21.5 Å². The highest BCUT2D eigenvalue weighted by Crippen LogP contribution is 2.26. The van der Waals surface area contributed by atoms with E-state index in [0.29, 0.717) is 22.5 Å². The van der Waals surface area contributed by atoms with E-state index < -0.39 is 32.0 Å². The topological polar surface area (TPSA) is 116 Å². The van der Waals surface area contributed by atoms with Gasteiger partial charge in [-0.15, -0.1) is 0 Å². The van der Waals surface area contributed by atoms with E-state index in [4.69, 9.17) is 0 Å². The maximum absolute atomic E-state index is 14.5. The van der Waals surface area contributed by atoms with Crippen molar-refractivity contribution in [3.8, 4) is 0 Å². The highest BCUT2D eigenvalue weighted by molar-refractivity contribution is 7.92. The quantitative estimate of drug-likeness (QED) is 0.253. The summed E-state index contributed by atoms with van der Waals surface area (Å²) in [6, 6.07) is 23.1. The van der Waals surface area contributed by atoms with Crippen LogP contribution in [-0.2, 0) is 26.8 Å². The third-order valence-electron chi connectivity index (χ3n) is 6.46. The minimum Gasteiger partial charge on any atom is -0.322 e. The Morgan fingerprint density at radius 2 is 1.48 bits per heavy atom. The standard InChI is InChI=1S/C30H31FN4O5S2/c1-21-9-10-22(2)28(19-21)33-41(37,38)26-17-15-25(16-18-26)32-30(36)24-13-11-23(12-14-24)20-35(42(39,40)34(3)4)29-8-6-5-7-27(29)31/h5-19,33H,20H2,1-4H3,(H,32,36). The van der Waals surface area contributed by atoms with Gasteiger partial charge in [0, 0.05) is 25.3 Å². The zero-order chi connectivity index (χ0) is 30.7. The van der Waals surface area contributed by atoms with Crippen molar-refractivity contribution in [2.45, 2.75) is 25.3 Å². The molecule has 0 bridgehead atoms. The summed E-state index contributed by atoms with van der Waals surface area (Å²) in [6.07, 6.45) is 0. The van der Waals surface area contributed by atoms with Crippen LogP contribution in [-0.4, -0.2) is 41.1 Å². The van der Waals surface area contributed by atoms with E-state index in [1.807, 2.05) is 26.0 Å². The average molecular weight is 611 g/mol. The Kier molecular flexibility index (Phi) is 9.00. The van der Waals surface area contributed by atoms with Gasteiger partial charge in [-0.3, -0.25) is 13.8 Å². The van der Waals surface area contributed by atoms with E-state index in [1.54, 1.807) is 24.3 Å². The van der Waals surface area contributed by atoms with E-state index in [0.717, 1.165) is 19.7 Å². The van der Waals surface area contributed by atoms with Gasteiger partial charge in [0.05, 0.1) is 22.8 Å². The molecular weight excluding hydrogens is 579 g/mol. The zero-order valence-corrected chi connectivity index (χ0v) is 25.1. The molecule has 220 valence electrons. The molecule has 0 radical (unpaired) electrons. The normalized spacial score (nSPS) is 11.8. The summed E-state index contributed by atoms with van der Waals surface area (Å²) in [5.41, 5.74) is 3.32. The number of amides is 1. The van der Waals surface area contributed by atoms with Crippen LogP contribution in [0.2, 0.25) is 0 Å². The fourth-order valence-electron chi connectivity index (χ4n) is 4.04. The molecule has 0 aliphatic rings. The predicted molar refractivity (Wildman–Crippen MR) is 163 cm³/mol. The number of benzene rings is 4. The maximum atomic E-state index is 14.5. The highest BCUT2D eigenvalue weighted by atomic mass is 32.2. The monoisotopic (exact) mass is 610 g/mol. The summed E-state index contributed by atoms with van der Waals surface area (Å²) >= 11 is 0. The van der Waals surface area contributed by atoms with Crippen LogP contribution in [0.5, 0.6) is 0 Å². The van der Waals surface area contributed by atoms with Crippen LogP contribution < -0.4 is 14.3 Å². The Bertz CT molecular complexity index is 1810. The molecule has 2 N–H and O–H groups in total. The SMILES string of the molecule is Cc1ccc(C)c(NS(=O)(=O)c2ccc(NC(=O)c3ccc(CN(c4ccccc4F)S(=O)(=O)N(C)C)cc3)cc2)c1. The Morgan fingerprint density at radius 3 is 2.10 bits per heavy atom. The van der Waals surface area contributed by atoms with Gasteiger partial charge in [-0.2, -0.15) is 12.7 Å². The lowest BCUT2D eigenvalue weighted by molar-refractivity contribution is 0.102. The third-order valence-corrected chi connectivity index (χ3v) is 9.65. The lowest BCUT2D eigenvalue weighted by Gasteiger charge is -2.27. The minimum atomic E-state index is -4.02. The average Bonchev–Trinajstić information content (AvgIpc) is 2.94. The summed E-state index contributed by atoms with van der Waals surface area (Å²) in [4.78, 5) is 12.9. The first-order valence-corrected chi connectivity index (χ1v) is 15.7. The van der Waals surface area contributed by atoms with Gasteiger partial charge in [0.25, 0.3) is 15.9 Å². The van der Waals surface area contributed by atoms with Gasteiger partial charge >= 0.3 is 10.2 Å². The molecule has 0 spiro atoms. The van der Waals surface area contributed by atoms with Crippen molar-refractivity contribution in [3.63, 3.8) is 0 Å². The van der Waals surface area contributed by atoms with Gasteiger partial charge in [-0.05, 0) is 85.1 Å². The smallest absolute Gasteiger partial charge is 0.303 e. The van der Waals surface area contributed by atoms with E-state index in [-0.39, 0.29) is 17.1 Å². The van der Waals surface area contributed by atoms with Crippen molar-refractivity contribution >= 4 is 43.2 Å². The molecule has 0 saturated heterocycles. The molecule has 0 heterocycles. The number of carbonyl (C=O) groups is 1. The molecule has 42 heavy (non-hydrogen) atoms. The molecular formula is C30H31FN4O5S2. The number of carbonyl (C=O) groups excluding carboxylic acids is 1. The number of rotatable bonds is 10. The second kappa shape index (κ2) is 12.3. The van der Waals surface area contributed by atoms with E-state index in [9.17, 15) is 26.0 Å². The summed E-state index contributed by atoms with van der Waals surface area (Å²) in [7, 11) is -5.13. The first-order chi connectivity index (χ1) is 19.8. The highest BCUT2D eigenvalue weighted by Gasteiger charge is 2.27. The molecule has 0 fully saturated rings. The molecule has 12 heteroatoms. The van der Waals surface area contributed by atoms with E-state index >= 15 is 0 Å². The van der Waals surface area contributed by atoms with Gasteiger partial charge in [0.15, 0.2) is 0 Å². The summed E-state index contributed by atoms with van der Waals surface area (Å²) < 4.78 is 70.7. The lowest BCUT2D eigenvalue weighted by Crippen LogP contribution is -2.40. The Morgan fingerprint density at radius 1 is 0.833 bits per heavy atom. The first-order valence-electron chi connectivity index (χ1n) is 12.8. The van der Waals surface area contributed by atoms with Crippen LogP contribution in [0.15, 0.2) is 95.9 Å². The van der Waals surface area contributed by atoms with Crippen LogP contribution >= 0.6 is 0 Å². The van der Waals surface area contributed by atoms with Crippen molar-refractivity contribution < 1.29 is 26.0 Å². The first kappa shape index (κ1) is 30.7. The number of para-hydroxylation sites is 1. The second-order valence-electron chi connectivity index (χ2n) is 9.85. The number of hydrogen-bond acceptors (Lipinski definition) is 5. The molecule has 0 aliphatic heterocycles. The lowest BCUT2D eigenvalue weighted by atomic mass is 10.1. The van der Waals surface area contributed by atoms with Gasteiger partial charge in [0.1, 0.15) is 5.82 Å². The van der Waals surface area contributed by atoms with Crippen molar-refractivity contribution in [2.75, 3.05) is 28.4 Å². The van der Waals surface area contributed by atoms with Gasteiger partial charge in [-0.1, -0.05) is 36.4 Å². The number of hydrogen-bond donors (Lipinski definition) is 2. The molecule has 4 rings (SSSR count). The van der Waals surface area contributed by atoms with Crippen molar-refractivity contribution in [1.82, 2.24) is 4.31 Å². The molecule has 0 atom stereocenters. The molecule has 0 aromatic heterocycles. The van der Waals surface area contributed by atoms with Crippen LogP contribution in [0.25, 0.3) is 0 Å². The minimum absolute atomic E-state index is 0.0397. The van der Waals surface area contributed by atoms with Crippen molar-refractivity contribution in [2.24, 2.45) is 0 Å². The number of nitrogens with one attached hydrogen (secondary N) is 2. The Balaban J connectivity index is 1.46. The van der Waals surface area contributed by atoms with Crippen LogP contribution in [0, 0.1) is 19.7 Å². The molecule has 4 aromatic rings. The number of nitrogens with zero attached hydrogens (tertiary/aromatic N) is 2. The van der Waals surface area contributed by atoms with Crippen molar-refractivity contribution in [3.05, 3.63) is 119 Å². The second-order valence-corrected chi connectivity index (χ2v) is 13.6. The van der Waals surface area contributed by atoms with Gasteiger partial charge in [-0.25, -0.2) is 12.8 Å². The van der Waals surface area contributed by atoms with E-state index in [2.05, 4.69) is 10.0 Å². The molecule has 0 aliphatic carbocycles. The van der Waals surface area contributed by atoms with Crippen LogP contribution in [0.1, 0.15) is 27.0 Å².